The summed E-state index contributed by atoms with van der Waals surface area (Å²) >= 11 is 0. The highest BCUT2D eigenvalue weighted by Gasteiger charge is 2.39. The van der Waals surface area contributed by atoms with Gasteiger partial charge in [0.05, 0.1) is 0 Å². The highest BCUT2D eigenvalue weighted by molar-refractivity contribution is 6.20. The number of fused-ring (bicyclic) bond motifs is 2. The molecule has 0 aliphatic carbocycles. The smallest absolute Gasteiger partial charge is 0.281 e. The Hall–Kier alpha value is -2.50. The van der Waals surface area contributed by atoms with Gasteiger partial charge >= 0.3 is 0 Å². The van der Waals surface area contributed by atoms with E-state index in [4.69, 9.17) is 0 Å². The summed E-state index contributed by atoms with van der Waals surface area (Å²) in [5.74, 6) is -1.04. The van der Waals surface area contributed by atoms with Crippen molar-refractivity contribution in [3.8, 4) is 0 Å². The zero-order chi connectivity index (χ0) is 12.2. The van der Waals surface area contributed by atoms with Crippen LogP contribution in [0.5, 0.6) is 0 Å². The lowest BCUT2D eigenvalue weighted by Crippen LogP contribution is -2.35. The average Bonchev–Trinajstić information content (AvgIpc) is 2.55. The van der Waals surface area contributed by atoms with Gasteiger partial charge < -0.3 is 0 Å². The molecular formula is C11H8N3O3+. The minimum atomic E-state index is -0.558. The van der Waals surface area contributed by atoms with Crippen LogP contribution in [0.15, 0.2) is 29.2 Å². The van der Waals surface area contributed by atoms with Gasteiger partial charge in [0.2, 0.25) is 6.20 Å². The average molecular weight is 230 g/mol. The van der Waals surface area contributed by atoms with E-state index in [0.29, 0.717) is 5.52 Å². The molecule has 1 N–H and O–H groups in total. The maximum Gasteiger partial charge on any atom is 0.283 e. The summed E-state index contributed by atoms with van der Waals surface area (Å²) in [5.41, 5.74) is -0.125. The molecule has 0 spiro atoms. The Labute approximate surface area is 95.1 Å². The normalized spacial score (nSPS) is 14.5. The lowest BCUT2D eigenvalue weighted by atomic mass is 10.2. The van der Waals surface area contributed by atoms with E-state index in [1.807, 2.05) is 0 Å². The SMILES string of the molecule is CN1C(=O)c2[nH][n+]3ccccc3c(=O)c2C1=O. The van der Waals surface area contributed by atoms with Gasteiger partial charge in [-0.3, -0.25) is 19.3 Å². The van der Waals surface area contributed by atoms with Gasteiger partial charge in [0.25, 0.3) is 22.8 Å². The number of aromatic nitrogens is 2. The minimum absolute atomic E-state index is 0.0474. The molecule has 6 heteroatoms. The third-order valence-electron chi connectivity index (χ3n) is 2.84. The predicted molar refractivity (Wildman–Crippen MR) is 56.6 cm³/mol. The largest absolute Gasteiger partial charge is 0.283 e. The number of H-pyrrole nitrogens is 1. The van der Waals surface area contributed by atoms with Crippen LogP contribution >= 0.6 is 0 Å². The van der Waals surface area contributed by atoms with Gasteiger partial charge in [0, 0.05) is 19.2 Å². The molecule has 0 bridgehead atoms. The van der Waals surface area contributed by atoms with Crippen molar-refractivity contribution in [3.63, 3.8) is 0 Å². The van der Waals surface area contributed by atoms with Crippen LogP contribution in [-0.4, -0.2) is 28.9 Å². The first kappa shape index (κ1) is 9.71. The Morgan fingerprint density at radius 2 is 1.94 bits per heavy atom. The van der Waals surface area contributed by atoms with Gasteiger partial charge in [-0.15, -0.1) is 0 Å². The van der Waals surface area contributed by atoms with Gasteiger partial charge in [-0.05, 0) is 6.07 Å². The molecule has 3 rings (SSSR count). The molecule has 2 aromatic rings. The molecule has 1 aliphatic heterocycles. The van der Waals surface area contributed by atoms with E-state index in [1.54, 1.807) is 24.4 Å². The number of pyridine rings is 1. The molecule has 0 saturated carbocycles. The first-order valence-electron chi connectivity index (χ1n) is 5.00. The number of nitrogens with zero attached hydrogens (tertiary/aromatic N) is 2. The van der Waals surface area contributed by atoms with Gasteiger partial charge in [-0.1, -0.05) is 4.52 Å². The van der Waals surface area contributed by atoms with Gasteiger partial charge in [-0.2, -0.15) is 5.10 Å². The minimum Gasteiger partial charge on any atom is -0.281 e. The summed E-state index contributed by atoms with van der Waals surface area (Å²) in [4.78, 5) is 36.5. The molecule has 0 radical (unpaired) electrons. The first-order chi connectivity index (χ1) is 8.11. The Bertz CT molecular complexity index is 732. The number of imide groups is 1. The van der Waals surface area contributed by atoms with Gasteiger partial charge in [0.15, 0.2) is 5.69 Å². The molecule has 0 unspecified atom stereocenters. The molecule has 0 saturated heterocycles. The highest BCUT2D eigenvalue weighted by atomic mass is 16.2. The Morgan fingerprint density at radius 1 is 1.18 bits per heavy atom. The van der Waals surface area contributed by atoms with Crippen molar-refractivity contribution in [2.75, 3.05) is 7.05 Å². The van der Waals surface area contributed by atoms with Crippen molar-refractivity contribution in [2.24, 2.45) is 0 Å². The Kier molecular flexibility index (Phi) is 1.72. The first-order valence-corrected chi connectivity index (χ1v) is 5.00. The van der Waals surface area contributed by atoms with Crippen molar-refractivity contribution in [1.29, 1.82) is 0 Å². The topological polar surface area (TPSA) is 74.3 Å². The summed E-state index contributed by atoms with van der Waals surface area (Å²) in [7, 11) is 1.35. The number of nitrogens with one attached hydrogen (secondary N) is 1. The third-order valence-corrected chi connectivity index (χ3v) is 2.84. The van der Waals surface area contributed by atoms with E-state index in [-0.39, 0.29) is 11.3 Å². The highest BCUT2D eigenvalue weighted by Crippen LogP contribution is 2.15. The number of rotatable bonds is 0. The fourth-order valence-corrected chi connectivity index (χ4v) is 1.93. The second-order valence-electron chi connectivity index (χ2n) is 3.82. The van der Waals surface area contributed by atoms with E-state index in [1.165, 1.54) is 11.6 Å². The molecule has 0 aromatic carbocycles. The maximum atomic E-state index is 12.1. The van der Waals surface area contributed by atoms with E-state index < -0.39 is 17.2 Å². The third kappa shape index (κ3) is 1.09. The monoisotopic (exact) mass is 230 g/mol. The van der Waals surface area contributed by atoms with Crippen LogP contribution in [0.3, 0.4) is 0 Å². The van der Waals surface area contributed by atoms with Crippen LogP contribution in [0.4, 0.5) is 0 Å². The molecule has 6 nitrogen and oxygen atoms in total. The number of aromatic amines is 1. The zero-order valence-corrected chi connectivity index (χ0v) is 8.93. The summed E-state index contributed by atoms with van der Waals surface area (Å²) in [6, 6.07) is 5.01. The number of carbonyl (C=O) groups excluding carboxylic acids is 2. The van der Waals surface area contributed by atoms with Crippen molar-refractivity contribution in [3.05, 3.63) is 45.9 Å². The van der Waals surface area contributed by atoms with Gasteiger partial charge in [-0.25, -0.2) is 0 Å². The van der Waals surface area contributed by atoms with Crippen molar-refractivity contribution in [1.82, 2.24) is 10.00 Å². The van der Waals surface area contributed by atoms with Crippen molar-refractivity contribution < 1.29 is 14.1 Å². The van der Waals surface area contributed by atoms with Crippen LogP contribution in [0.2, 0.25) is 0 Å². The van der Waals surface area contributed by atoms with E-state index >= 15 is 0 Å². The molecule has 2 amide bonds. The van der Waals surface area contributed by atoms with Gasteiger partial charge in [0.1, 0.15) is 5.56 Å². The number of hydrogen-bond acceptors (Lipinski definition) is 3. The zero-order valence-electron chi connectivity index (χ0n) is 8.93. The van der Waals surface area contributed by atoms with Crippen LogP contribution in [0.1, 0.15) is 20.8 Å². The molecule has 17 heavy (non-hydrogen) atoms. The molecular weight excluding hydrogens is 222 g/mol. The summed E-state index contributed by atoms with van der Waals surface area (Å²) in [5, 5.41) is 2.76. The molecule has 0 atom stereocenters. The number of carbonyl (C=O) groups is 2. The Balaban J connectivity index is 2.51. The quantitative estimate of drug-likeness (QED) is 0.482. The standard InChI is InChI=1S/C11H7N3O3/c1-13-10(16)7-8(11(13)17)12-14-5-3-2-4-6(14)9(7)15/h2-5H,1H3/p+1. The van der Waals surface area contributed by atoms with E-state index in [9.17, 15) is 14.4 Å². The lowest BCUT2D eigenvalue weighted by Gasteiger charge is -2.01. The number of hydrogen-bond donors (Lipinski definition) is 1. The Morgan fingerprint density at radius 3 is 2.71 bits per heavy atom. The van der Waals surface area contributed by atoms with E-state index in [0.717, 1.165) is 4.90 Å². The summed E-state index contributed by atoms with van der Waals surface area (Å²) in [6.07, 6.45) is 1.62. The molecule has 84 valence electrons. The fraction of sp³-hybridized carbons (Fsp3) is 0.0909. The predicted octanol–water partition coefficient (Wildman–Crippen LogP) is -0.661. The summed E-state index contributed by atoms with van der Waals surface area (Å²) < 4.78 is 1.44. The maximum absolute atomic E-state index is 12.1. The summed E-state index contributed by atoms with van der Waals surface area (Å²) in [6.45, 7) is 0. The molecule has 3 heterocycles. The van der Waals surface area contributed by atoms with Crippen LogP contribution in [-0.2, 0) is 0 Å². The van der Waals surface area contributed by atoms with Crippen LogP contribution < -0.4 is 9.94 Å². The van der Waals surface area contributed by atoms with Crippen LogP contribution in [0, 0.1) is 0 Å². The second kappa shape index (κ2) is 3.00. The van der Waals surface area contributed by atoms with Crippen LogP contribution in [0.25, 0.3) is 5.52 Å². The molecule has 2 aromatic heterocycles. The number of amides is 2. The lowest BCUT2D eigenvalue weighted by molar-refractivity contribution is -0.581. The van der Waals surface area contributed by atoms with Crippen molar-refractivity contribution in [2.45, 2.75) is 0 Å². The molecule has 1 aliphatic rings. The van der Waals surface area contributed by atoms with Crippen molar-refractivity contribution >= 4 is 17.3 Å². The molecule has 0 fully saturated rings. The fourth-order valence-electron chi connectivity index (χ4n) is 1.93. The second-order valence-corrected chi connectivity index (χ2v) is 3.82. The van der Waals surface area contributed by atoms with E-state index in [2.05, 4.69) is 5.10 Å².